The molecule has 9 heteroatoms. The van der Waals surface area contributed by atoms with Gasteiger partial charge in [-0.3, -0.25) is 14.0 Å². The molecule has 1 aliphatic rings. The third-order valence-corrected chi connectivity index (χ3v) is 6.83. The Morgan fingerprint density at radius 2 is 1.72 bits per heavy atom. The van der Waals surface area contributed by atoms with Gasteiger partial charge in [-0.2, -0.15) is 0 Å². The lowest BCUT2D eigenvalue weighted by Gasteiger charge is -2.26. The number of morpholine rings is 1. The van der Waals surface area contributed by atoms with Gasteiger partial charge in [0.15, 0.2) is 0 Å². The standard InChI is InChI=1S/C20H24ClN3O4S/c1-23(29(26,27)19-8-4-17(21)5-9-19)18-6-2-16(3-7-18)20(25)22-10-11-24-12-14-28-15-13-24/h2-9H,10-15H2,1H3,(H,22,25). The van der Waals surface area contributed by atoms with Gasteiger partial charge >= 0.3 is 0 Å². The number of amides is 1. The van der Waals surface area contributed by atoms with Crippen molar-refractivity contribution in [2.75, 3.05) is 50.7 Å². The molecule has 2 aromatic carbocycles. The molecule has 1 N–H and O–H groups in total. The molecule has 0 unspecified atom stereocenters. The zero-order chi connectivity index (χ0) is 20.9. The number of hydrogen-bond donors (Lipinski definition) is 1. The van der Waals surface area contributed by atoms with Crippen molar-refractivity contribution in [2.45, 2.75) is 4.90 Å². The normalized spacial score (nSPS) is 15.1. The highest BCUT2D eigenvalue weighted by molar-refractivity contribution is 7.92. The molecule has 0 radical (unpaired) electrons. The molecule has 0 atom stereocenters. The molecule has 2 aromatic rings. The highest BCUT2D eigenvalue weighted by Gasteiger charge is 2.21. The highest BCUT2D eigenvalue weighted by atomic mass is 35.5. The van der Waals surface area contributed by atoms with Gasteiger partial charge in [-0.25, -0.2) is 8.42 Å². The first kappa shape index (κ1) is 21.6. The summed E-state index contributed by atoms with van der Waals surface area (Å²) in [7, 11) is -2.24. The molecule has 0 aromatic heterocycles. The number of sulfonamides is 1. The maximum absolute atomic E-state index is 12.7. The van der Waals surface area contributed by atoms with Crippen molar-refractivity contribution in [2.24, 2.45) is 0 Å². The van der Waals surface area contributed by atoms with Gasteiger partial charge in [-0.15, -0.1) is 0 Å². The molecule has 3 rings (SSSR count). The molecular formula is C20H24ClN3O4S. The van der Waals surface area contributed by atoms with Gasteiger partial charge in [0, 0.05) is 43.8 Å². The molecular weight excluding hydrogens is 414 g/mol. The van der Waals surface area contributed by atoms with Crippen molar-refractivity contribution in [3.63, 3.8) is 0 Å². The van der Waals surface area contributed by atoms with Crippen LogP contribution in [0.25, 0.3) is 0 Å². The van der Waals surface area contributed by atoms with E-state index >= 15 is 0 Å². The summed E-state index contributed by atoms with van der Waals surface area (Å²) in [5, 5.41) is 3.36. The van der Waals surface area contributed by atoms with Crippen LogP contribution in [-0.4, -0.2) is 65.7 Å². The summed E-state index contributed by atoms with van der Waals surface area (Å²) < 4.78 is 32.0. The number of nitrogens with one attached hydrogen (secondary N) is 1. The summed E-state index contributed by atoms with van der Waals surface area (Å²) in [6.45, 7) is 4.52. The van der Waals surface area contributed by atoms with Gasteiger partial charge < -0.3 is 10.1 Å². The first-order chi connectivity index (χ1) is 13.9. The van der Waals surface area contributed by atoms with E-state index in [0.717, 1.165) is 32.8 Å². The van der Waals surface area contributed by atoms with Crippen LogP contribution in [-0.2, 0) is 14.8 Å². The molecule has 0 aliphatic carbocycles. The molecule has 7 nitrogen and oxygen atoms in total. The van der Waals surface area contributed by atoms with E-state index in [0.29, 0.717) is 22.8 Å². The van der Waals surface area contributed by atoms with Crippen LogP contribution >= 0.6 is 11.6 Å². The van der Waals surface area contributed by atoms with Gasteiger partial charge in [-0.1, -0.05) is 11.6 Å². The minimum atomic E-state index is -3.71. The van der Waals surface area contributed by atoms with Gasteiger partial charge in [-0.05, 0) is 48.5 Å². The summed E-state index contributed by atoms with van der Waals surface area (Å²) in [6.07, 6.45) is 0. The summed E-state index contributed by atoms with van der Waals surface area (Å²) in [4.78, 5) is 14.7. The van der Waals surface area contributed by atoms with Crippen molar-refractivity contribution in [3.05, 3.63) is 59.1 Å². The van der Waals surface area contributed by atoms with E-state index in [-0.39, 0.29) is 10.8 Å². The third kappa shape index (κ3) is 5.48. The molecule has 1 fully saturated rings. The third-order valence-electron chi connectivity index (χ3n) is 4.78. The molecule has 29 heavy (non-hydrogen) atoms. The molecule has 156 valence electrons. The Morgan fingerprint density at radius 3 is 2.34 bits per heavy atom. The number of rotatable bonds is 7. The second-order valence-corrected chi connectivity index (χ2v) is 9.09. The number of anilines is 1. The zero-order valence-electron chi connectivity index (χ0n) is 16.2. The van der Waals surface area contributed by atoms with Crippen LogP contribution in [0.4, 0.5) is 5.69 Å². The topological polar surface area (TPSA) is 79.0 Å². The number of carbonyl (C=O) groups excluding carboxylic acids is 1. The first-order valence-corrected chi connectivity index (χ1v) is 11.1. The number of hydrogen-bond acceptors (Lipinski definition) is 5. The number of halogens is 1. The van der Waals surface area contributed by atoms with E-state index < -0.39 is 10.0 Å². The lowest BCUT2D eigenvalue weighted by Crippen LogP contribution is -2.41. The van der Waals surface area contributed by atoms with E-state index in [1.807, 2.05) is 0 Å². The lowest BCUT2D eigenvalue weighted by molar-refractivity contribution is 0.0383. The van der Waals surface area contributed by atoms with Crippen molar-refractivity contribution >= 4 is 33.2 Å². The van der Waals surface area contributed by atoms with Crippen LogP contribution in [0.15, 0.2) is 53.4 Å². The fraction of sp³-hybridized carbons (Fsp3) is 0.350. The molecule has 0 saturated carbocycles. The second kappa shape index (κ2) is 9.58. The lowest BCUT2D eigenvalue weighted by atomic mass is 10.2. The average Bonchev–Trinajstić information content (AvgIpc) is 2.74. The van der Waals surface area contributed by atoms with Gasteiger partial charge in [0.2, 0.25) is 0 Å². The monoisotopic (exact) mass is 437 g/mol. The Morgan fingerprint density at radius 1 is 1.10 bits per heavy atom. The van der Waals surface area contributed by atoms with Crippen LogP contribution in [0.1, 0.15) is 10.4 Å². The van der Waals surface area contributed by atoms with E-state index in [1.165, 1.54) is 35.6 Å². The zero-order valence-corrected chi connectivity index (χ0v) is 17.7. The maximum Gasteiger partial charge on any atom is 0.264 e. The number of carbonyl (C=O) groups is 1. The van der Waals surface area contributed by atoms with Crippen molar-refractivity contribution in [1.29, 1.82) is 0 Å². The Labute approximate surface area is 176 Å². The van der Waals surface area contributed by atoms with E-state index in [9.17, 15) is 13.2 Å². The molecule has 1 saturated heterocycles. The first-order valence-electron chi connectivity index (χ1n) is 9.31. The molecule has 0 bridgehead atoms. The van der Waals surface area contributed by atoms with Crippen LogP contribution < -0.4 is 9.62 Å². The van der Waals surface area contributed by atoms with Gasteiger partial charge in [0.25, 0.3) is 15.9 Å². The Bertz CT molecular complexity index is 927. The van der Waals surface area contributed by atoms with Crippen LogP contribution in [0.2, 0.25) is 5.02 Å². The quantitative estimate of drug-likeness (QED) is 0.718. The molecule has 1 heterocycles. The average molecular weight is 438 g/mol. The van der Waals surface area contributed by atoms with Crippen LogP contribution in [0.5, 0.6) is 0 Å². The predicted octanol–water partition coefficient (Wildman–Crippen LogP) is 2.23. The highest BCUT2D eigenvalue weighted by Crippen LogP contribution is 2.23. The van der Waals surface area contributed by atoms with Crippen molar-refractivity contribution in [1.82, 2.24) is 10.2 Å². The number of nitrogens with zero attached hydrogens (tertiary/aromatic N) is 2. The summed E-state index contributed by atoms with van der Waals surface area (Å²) in [5.41, 5.74) is 0.942. The van der Waals surface area contributed by atoms with Crippen molar-refractivity contribution in [3.8, 4) is 0 Å². The number of ether oxygens (including phenoxy) is 1. The second-order valence-electron chi connectivity index (χ2n) is 6.68. The number of benzene rings is 2. The summed E-state index contributed by atoms with van der Waals surface area (Å²) in [5.74, 6) is -0.187. The largest absolute Gasteiger partial charge is 0.379 e. The predicted molar refractivity (Wildman–Crippen MR) is 113 cm³/mol. The SMILES string of the molecule is CN(c1ccc(C(=O)NCCN2CCOCC2)cc1)S(=O)(=O)c1ccc(Cl)cc1. The van der Waals surface area contributed by atoms with E-state index in [2.05, 4.69) is 10.2 Å². The van der Waals surface area contributed by atoms with Gasteiger partial charge in [0.1, 0.15) is 0 Å². The van der Waals surface area contributed by atoms with E-state index in [4.69, 9.17) is 16.3 Å². The minimum Gasteiger partial charge on any atom is -0.379 e. The van der Waals surface area contributed by atoms with Gasteiger partial charge in [0.05, 0.1) is 23.8 Å². The smallest absolute Gasteiger partial charge is 0.264 e. The summed E-state index contributed by atoms with van der Waals surface area (Å²) in [6, 6.07) is 12.5. The molecule has 1 amide bonds. The van der Waals surface area contributed by atoms with E-state index in [1.54, 1.807) is 24.3 Å². The maximum atomic E-state index is 12.7. The van der Waals surface area contributed by atoms with Crippen molar-refractivity contribution < 1.29 is 17.9 Å². The van der Waals surface area contributed by atoms with Crippen LogP contribution in [0.3, 0.4) is 0 Å². The fourth-order valence-corrected chi connectivity index (χ4v) is 4.30. The minimum absolute atomic E-state index is 0.148. The Balaban J connectivity index is 1.59. The Kier molecular flexibility index (Phi) is 7.13. The van der Waals surface area contributed by atoms with Crippen LogP contribution in [0, 0.1) is 0 Å². The fourth-order valence-electron chi connectivity index (χ4n) is 2.98. The summed E-state index contributed by atoms with van der Waals surface area (Å²) >= 11 is 5.83. The molecule has 1 aliphatic heterocycles. The molecule has 0 spiro atoms. The Hall–Kier alpha value is -2.13.